The third kappa shape index (κ3) is 4.49. The lowest BCUT2D eigenvalue weighted by atomic mass is 10.1. The molecule has 3 nitrogen and oxygen atoms in total. The van der Waals surface area contributed by atoms with Gasteiger partial charge in [0.15, 0.2) is 0 Å². The summed E-state index contributed by atoms with van der Waals surface area (Å²) in [4.78, 5) is 8.46. The predicted octanol–water partition coefficient (Wildman–Crippen LogP) is 3.79. The summed E-state index contributed by atoms with van der Waals surface area (Å²) < 4.78 is 5.73. The van der Waals surface area contributed by atoms with Gasteiger partial charge in [0.05, 0.1) is 6.61 Å². The van der Waals surface area contributed by atoms with Crippen LogP contribution in [0.4, 0.5) is 0 Å². The van der Waals surface area contributed by atoms with Crippen molar-refractivity contribution in [2.24, 2.45) is 0 Å². The quantitative estimate of drug-likeness (QED) is 0.575. The van der Waals surface area contributed by atoms with Crippen molar-refractivity contribution in [1.82, 2.24) is 9.97 Å². The molecule has 0 atom stereocenters. The van der Waals surface area contributed by atoms with Crippen LogP contribution in [0.3, 0.4) is 0 Å². The smallest absolute Gasteiger partial charge is 0.213 e. The summed E-state index contributed by atoms with van der Waals surface area (Å²) in [6, 6.07) is 8.00. The van der Waals surface area contributed by atoms with E-state index < -0.39 is 0 Å². The first-order valence-electron chi connectivity index (χ1n) is 6.89. The molecule has 0 amide bonds. The fourth-order valence-electron chi connectivity index (χ4n) is 1.96. The lowest BCUT2D eigenvalue weighted by Crippen LogP contribution is -2.03. The zero-order valence-electron chi connectivity index (χ0n) is 11.7. The minimum Gasteiger partial charge on any atom is -0.478 e. The largest absolute Gasteiger partial charge is 0.478 e. The van der Waals surface area contributed by atoms with Crippen molar-refractivity contribution in [2.75, 3.05) is 6.61 Å². The van der Waals surface area contributed by atoms with Crippen molar-refractivity contribution in [3.63, 3.8) is 0 Å². The number of alkyl halides is 1. The maximum atomic E-state index is 5.88. The Morgan fingerprint density at radius 1 is 1.15 bits per heavy atom. The number of pyridine rings is 2. The highest BCUT2D eigenvalue weighted by Crippen LogP contribution is 2.15. The molecule has 0 unspecified atom stereocenters. The third-order valence-corrected chi connectivity index (χ3v) is 3.35. The Kier molecular flexibility index (Phi) is 5.81. The molecule has 106 valence electrons. The molecule has 20 heavy (non-hydrogen) atoms. The van der Waals surface area contributed by atoms with Gasteiger partial charge in [-0.15, -0.1) is 11.6 Å². The second kappa shape index (κ2) is 7.85. The van der Waals surface area contributed by atoms with E-state index in [1.54, 1.807) is 0 Å². The highest BCUT2D eigenvalue weighted by atomic mass is 35.5. The van der Waals surface area contributed by atoms with Crippen LogP contribution >= 0.6 is 11.6 Å². The van der Waals surface area contributed by atoms with Gasteiger partial charge in [-0.3, -0.25) is 4.98 Å². The van der Waals surface area contributed by atoms with Crippen molar-refractivity contribution in [3.05, 3.63) is 53.5 Å². The zero-order chi connectivity index (χ0) is 14.2. The molecule has 2 heterocycles. The molecule has 0 aliphatic heterocycles. The van der Waals surface area contributed by atoms with Gasteiger partial charge in [0.25, 0.3) is 0 Å². The lowest BCUT2D eigenvalue weighted by Gasteiger charge is -2.08. The van der Waals surface area contributed by atoms with Crippen molar-refractivity contribution in [2.45, 2.75) is 32.1 Å². The van der Waals surface area contributed by atoms with E-state index in [2.05, 4.69) is 16.9 Å². The summed E-state index contributed by atoms with van der Waals surface area (Å²) >= 11 is 5.88. The second-order valence-electron chi connectivity index (χ2n) is 4.60. The van der Waals surface area contributed by atoms with Gasteiger partial charge in [-0.1, -0.05) is 6.92 Å². The van der Waals surface area contributed by atoms with E-state index in [0.29, 0.717) is 18.4 Å². The summed E-state index contributed by atoms with van der Waals surface area (Å²) in [6.45, 7) is 2.73. The van der Waals surface area contributed by atoms with E-state index in [1.807, 2.05) is 36.7 Å². The Labute approximate surface area is 125 Å². The standard InChI is InChI=1S/C16H19ClN2O/c1-2-15-10-14(12-17)11-16(19-15)20-9-3-4-13-5-7-18-8-6-13/h5-8,10-11H,2-4,9,12H2,1H3. The maximum absolute atomic E-state index is 5.88. The molecule has 0 bridgehead atoms. The monoisotopic (exact) mass is 290 g/mol. The summed E-state index contributed by atoms with van der Waals surface area (Å²) in [5, 5.41) is 0. The molecule has 0 saturated carbocycles. The van der Waals surface area contributed by atoms with Gasteiger partial charge < -0.3 is 4.74 Å². The average Bonchev–Trinajstić information content (AvgIpc) is 2.52. The molecule has 2 rings (SSSR count). The predicted molar refractivity (Wildman–Crippen MR) is 81.2 cm³/mol. The van der Waals surface area contributed by atoms with Gasteiger partial charge in [-0.05, 0) is 48.6 Å². The maximum Gasteiger partial charge on any atom is 0.213 e. The molecule has 0 spiro atoms. The topological polar surface area (TPSA) is 35.0 Å². The van der Waals surface area contributed by atoms with Crippen LogP contribution in [0.25, 0.3) is 0 Å². The molecular weight excluding hydrogens is 272 g/mol. The number of hydrogen-bond acceptors (Lipinski definition) is 3. The van der Waals surface area contributed by atoms with Gasteiger partial charge in [-0.2, -0.15) is 0 Å². The minimum atomic E-state index is 0.489. The fraction of sp³-hybridized carbons (Fsp3) is 0.375. The van der Waals surface area contributed by atoms with Crippen molar-refractivity contribution in [1.29, 1.82) is 0 Å². The number of halogens is 1. The van der Waals surface area contributed by atoms with Gasteiger partial charge in [0, 0.05) is 30.0 Å². The first-order chi connectivity index (χ1) is 9.81. The average molecular weight is 291 g/mol. The van der Waals surface area contributed by atoms with Crippen LogP contribution in [-0.2, 0) is 18.7 Å². The van der Waals surface area contributed by atoms with Crippen molar-refractivity contribution in [3.8, 4) is 5.88 Å². The highest BCUT2D eigenvalue weighted by molar-refractivity contribution is 6.17. The number of ether oxygens (including phenoxy) is 1. The van der Waals surface area contributed by atoms with Gasteiger partial charge >= 0.3 is 0 Å². The number of hydrogen-bond donors (Lipinski definition) is 0. The van der Waals surface area contributed by atoms with Crippen LogP contribution in [0.15, 0.2) is 36.7 Å². The Hall–Kier alpha value is -1.61. The lowest BCUT2D eigenvalue weighted by molar-refractivity contribution is 0.298. The Morgan fingerprint density at radius 3 is 2.65 bits per heavy atom. The van der Waals surface area contributed by atoms with Crippen LogP contribution in [0.5, 0.6) is 5.88 Å². The van der Waals surface area contributed by atoms with Crippen LogP contribution in [0.2, 0.25) is 0 Å². The molecule has 2 aromatic heterocycles. The van der Waals surface area contributed by atoms with Crippen LogP contribution in [-0.4, -0.2) is 16.6 Å². The van der Waals surface area contributed by atoms with E-state index in [0.717, 1.165) is 30.5 Å². The van der Waals surface area contributed by atoms with Gasteiger partial charge in [0.1, 0.15) is 0 Å². The van der Waals surface area contributed by atoms with Crippen LogP contribution < -0.4 is 4.74 Å². The summed E-state index contributed by atoms with van der Waals surface area (Å²) in [6.07, 6.45) is 6.46. The summed E-state index contributed by atoms with van der Waals surface area (Å²) in [5.41, 5.74) is 3.36. The SMILES string of the molecule is CCc1cc(CCl)cc(OCCCc2ccncc2)n1. The number of nitrogens with zero attached hydrogens (tertiary/aromatic N) is 2. The minimum absolute atomic E-state index is 0.489. The molecule has 2 aromatic rings. The molecule has 0 N–H and O–H groups in total. The normalized spacial score (nSPS) is 10.5. The van der Waals surface area contributed by atoms with Gasteiger partial charge in [0.2, 0.25) is 5.88 Å². The van der Waals surface area contributed by atoms with Crippen molar-refractivity contribution >= 4 is 11.6 Å². The molecule has 0 fully saturated rings. The Morgan fingerprint density at radius 2 is 1.95 bits per heavy atom. The van der Waals surface area contributed by atoms with Crippen LogP contribution in [0, 0.1) is 0 Å². The molecule has 4 heteroatoms. The third-order valence-electron chi connectivity index (χ3n) is 3.04. The van der Waals surface area contributed by atoms with E-state index in [1.165, 1.54) is 5.56 Å². The highest BCUT2D eigenvalue weighted by Gasteiger charge is 2.02. The molecule has 0 aromatic carbocycles. The van der Waals surface area contributed by atoms with Gasteiger partial charge in [-0.25, -0.2) is 4.98 Å². The Balaban J connectivity index is 1.84. The molecule has 0 radical (unpaired) electrons. The summed E-state index contributed by atoms with van der Waals surface area (Å²) in [5.74, 6) is 1.16. The molecular formula is C16H19ClN2O. The molecule has 0 aliphatic carbocycles. The first kappa shape index (κ1) is 14.8. The zero-order valence-corrected chi connectivity index (χ0v) is 12.4. The fourth-order valence-corrected chi connectivity index (χ4v) is 2.11. The van der Waals surface area contributed by atoms with E-state index >= 15 is 0 Å². The Bertz CT molecular complexity index is 509. The second-order valence-corrected chi connectivity index (χ2v) is 4.87. The molecule has 0 aliphatic rings. The number of aryl methyl sites for hydroxylation is 2. The first-order valence-corrected chi connectivity index (χ1v) is 7.42. The van der Waals surface area contributed by atoms with Crippen LogP contribution in [0.1, 0.15) is 30.2 Å². The number of rotatable bonds is 7. The van der Waals surface area contributed by atoms with E-state index in [9.17, 15) is 0 Å². The van der Waals surface area contributed by atoms with E-state index in [-0.39, 0.29) is 0 Å². The summed E-state index contributed by atoms with van der Waals surface area (Å²) in [7, 11) is 0. The van der Waals surface area contributed by atoms with E-state index in [4.69, 9.17) is 16.3 Å². The van der Waals surface area contributed by atoms with Crippen molar-refractivity contribution < 1.29 is 4.74 Å². The molecule has 0 saturated heterocycles. The number of aromatic nitrogens is 2.